The third-order valence-electron chi connectivity index (χ3n) is 4.84. The molecule has 1 amide bonds. The second-order valence-electron chi connectivity index (χ2n) is 7.19. The molecule has 3 N–H and O–H groups in total. The highest BCUT2D eigenvalue weighted by Gasteiger charge is 2.05. The molecule has 0 atom stereocenters. The average molecular weight is 564 g/mol. The normalized spacial score (nSPS) is 10.9. The third-order valence-corrected chi connectivity index (χ3v) is 4.84. The van der Waals surface area contributed by atoms with Gasteiger partial charge in [-0.3, -0.25) is 9.79 Å². The lowest BCUT2D eigenvalue weighted by Crippen LogP contribution is -2.38. The maximum Gasteiger partial charge on any atom is 0.251 e. The summed E-state index contributed by atoms with van der Waals surface area (Å²) >= 11 is 0. The second-order valence-corrected chi connectivity index (χ2v) is 7.19. The molecule has 2 aromatic carbocycles. The molecule has 0 aliphatic heterocycles. The van der Waals surface area contributed by atoms with Gasteiger partial charge in [0.15, 0.2) is 5.96 Å². The largest absolute Gasteiger partial charge is 0.357 e. The standard InChI is InChI=1S/C24H29FN6O.HI/c1-3-27-24(28-14-11-18-5-4-6-19(17-18)23(32)26-2)29-15-12-21-13-16-31(30-21)22-9-7-20(25)8-10-22;/h4-10,13,16-17H,3,11-12,14-15H2,1-2H3,(H,26,32)(H2,27,28,29);1H. The molecule has 0 saturated heterocycles. The van der Waals surface area contributed by atoms with E-state index in [-0.39, 0.29) is 35.7 Å². The molecule has 7 nitrogen and oxygen atoms in total. The van der Waals surface area contributed by atoms with E-state index in [0.717, 1.165) is 35.9 Å². The fourth-order valence-corrected chi connectivity index (χ4v) is 3.19. The van der Waals surface area contributed by atoms with Gasteiger partial charge in [-0.15, -0.1) is 24.0 Å². The maximum atomic E-state index is 13.1. The molecule has 0 unspecified atom stereocenters. The monoisotopic (exact) mass is 564 g/mol. The van der Waals surface area contributed by atoms with Crippen LogP contribution in [0.25, 0.3) is 5.69 Å². The first-order chi connectivity index (χ1) is 15.6. The van der Waals surface area contributed by atoms with Crippen molar-refractivity contribution in [2.45, 2.75) is 19.8 Å². The number of guanidine groups is 1. The predicted octanol–water partition coefficient (Wildman–Crippen LogP) is 3.33. The van der Waals surface area contributed by atoms with Crippen molar-refractivity contribution >= 4 is 35.8 Å². The fourth-order valence-electron chi connectivity index (χ4n) is 3.19. The molecular weight excluding hydrogens is 534 g/mol. The number of aliphatic imine (C=N–C) groups is 1. The number of amides is 1. The Morgan fingerprint density at radius 1 is 1.09 bits per heavy atom. The number of halogens is 2. The van der Waals surface area contributed by atoms with Gasteiger partial charge in [-0.1, -0.05) is 12.1 Å². The van der Waals surface area contributed by atoms with Crippen LogP contribution in [0.4, 0.5) is 4.39 Å². The summed E-state index contributed by atoms with van der Waals surface area (Å²) in [5.74, 6) is 0.391. The summed E-state index contributed by atoms with van der Waals surface area (Å²) in [6.07, 6.45) is 3.33. The summed E-state index contributed by atoms with van der Waals surface area (Å²) in [7, 11) is 1.63. The predicted molar refractivity (Wildman–Crippen MR) is 140 cm³/mol. The Morgan fingerprint density at radius 3 is 2.61 bits per heavy atom. The molecule has 176 valence electrons. The summed E-state index contributed by atoms with van der Waals surface area (Å²) in [5, 5.41) is 13.8. The molecule has 0 fully saturated rings. The van der Waals surface area contributed by atoms with Crippen molar-refractivity contribution < 1.29 is 9.18 Å². The van der Waals surface area contributed by atoms with Gasteiger partial charge in [0.2, 0.25) is 0 Å². The second kappa shape index (κ2) is 13.6. The van der Waals surface area contributed by atoms with Gasteiger partial charge in [-0.05, 0) is 61.4 Å². The molecule has 0 saturated carbocycles. The first-order valence-electron chi connectivity index (χ1n) is 10.7. The van der Waals surface area contributed by atoms with Crippen LogP contribution in [0.3, 0.4) is 0 Å². The summed E-state index contributed by atoms with van der Waals surface area (Å²) in [6.45, 7) is 4.07. The molecule has 3 rings (SSSR count). The minimum absolute atomic E-state index is 0. The van der Waals surface area contributed by atoms with E-state index in [1.54, 1.807) is 29.9 Å². The Labute approximate surface area is 210 Å². The Balaban J connectivity index is 0.00000385. The summed E-state index contributed by atoms with van der Waals surface area (Å²) < 4.78 is 14.8. The maximum absolute atomic E-state index is 13.1. The molecule has 1 aromatic heterocycles. The number of carbonyl (C=O) groups is 1. The van der Waals surface area contributed by atoms with Gasteiger partial charge in [0.25, 0.3) is 5.91 Å². The Hall–Kier alpha value is -2.95. The van der Waals surface area contributed by atoms with Crippen LogP contribution in [0.2, 0.25) is 0 Å². The number of rotatable bonds is 9. The van der Waals surface area contributed by atoms with Crippen LogP contribution in [-0.4, -0.2) is 48.3 Å². The molecule has 1 heterocycles. The van der Waals surface area contributed by atoms with E-state index >= 15 is 0 Å². The van der Waals surface area contributed by atoms with Gasteiger partial charge in [-0.2, -0.15) is 5.10 Å². The van der Waals surface area contributed by atoms with Gasteiger partial charge >= 0.3 is 0 Å². The zero-order valence-corrected chi connectivity index (χ0v) is 21.2. The molecular formula is C24H30FIN6O. The van der Waals surface area contributed by atoms with E-state index in [2.05, 4.69) is 26.0 Å². The van der Waals surface area contributed by atoms with E-state index < -0.39 is 0 Å². The van der Waals surface area contributed by atoms with Crippen molar-refractivity contribution in [3.05, 3.63) is 83.4 Å². The van der Waals surface area contributed by atoms with E-state index in [0.29, 0.717) is 25.1 Å². The highest BCUT2D eigenvalue weighted by molar-refractivity contribution is 14.0. The zero-order valence-electron chi connectivity index (χ0n) is 18.8. The lowest BCUT2D eigenvalue weighted by Gasteiger charge is -2.11. The molecule has 0 spiro atoms. The first-order valence-corrected chi connectivity index (χ1v) is 10.7. The highest BCUT2D eigenvalue weighted by Crippen LogP contribution is 2.09. The van der Waals surface area contributed by atoms with E-state index in [1.165, 1.54) is 12.1 Å². The van der Waals surface area contributed by atoms with Gasteiger partial charge in [0, 0.05) is 44.9 Å². The minimum atomic E-state index is -0.266. The van der Waals surface area contributed by atoms with Crippen LogP contribution in [0, 0.1) is 5.82 Å². The van der Waals surface area contributed by atoms with Gasteiger partial charge in [0.1, 0.15) is 5.82 Å². The number of carbonyl (C=O) groups excluding carboxylic acids is 1. The Kier molecular flexibility index (Phi) is 10.8. The summed E-state index contributed by atoms with van der Waals surface area (Å²) in [6, 6.07) is 15.8. The van der Waals surface area contributed by atoms with Crippen LogP contribution < -0.4 is 16.0 Å². The van der Waals surface area contributed by atoms with Crippen molar-refractivity contribution in [3.63, 3.8) is 0 Å². The van der Waals surface area contributed by atoms with Gasteiger partial charge in [0.05, 0.1) is 11.4 Å². The molecule has 9 heteroatoms. The molecule has 33 heavy (non-hydrogen) atoms. The average Bonchev–Trinajstić information content (AvgIpc) is 3.28. The molecule has 0 aliphatic carbocycles. The van der Waals surface area contributed by atoms with Crippen LogP contribution in [0.15, 0.2) is 65.8 Å². The summed E-state index contributed by atoms with van der Waals surface area (Å²) in [5.41, 5.74) is 3.48. The van der Waals surface area contributed by atoms with Crippen molar-refractivity contribution in [1.29, 1.82) is 0 Å². The quantitative estimate of drug-likeness (QED) is 0.212. The third kappa shape index (κ3) is 8.16. The fraction of sp³-hybridized carbons (Fsp3) is 0.292. The lowest BCUT2D eigenvalue weighted by atomic mass is 10.1. The molecule has 0 bridgehead atoms. The summed E-state index contributed by atoms with van der Waals surface area (Å²) in [4.78, 5) is 16.4. The van der Waals surface area contributed by atoms with Crippen LogP contribution in [-0.2, 0) is 12.8 Å². The Morgan fingerprint density at radius 2 is 1.88 bits per heavy atom. The zero-order chi connectivity index (χ0) is 22.8. The number of hydrogen-bond acceptors (Lipinski definition) is 3. The number of benzene rings is 2. The Bertz CT molecular complexity index is 1050. The number of hydrogen-bond donors (Lipinski definition) is 3. The van der Waals surface area contributed by atoms with Crippen molar-refractivity contribution in [2.24, 2.45) is 4.99 Å². The number of nitrogens with zero attached hydrogens (tertiary/aromatic N) is 3. The van der Waals surface area contributed by atoms with E-state index in [1.807, 2.05) is 37.4 Å². The van der Waals surface area contributed by atoms with Gasteiger partial charge < -0.3 is 16.0 Å². The number of aromatic nitrogens is 2. The first kappa shape index (κ1) is 26.3. The van der Waals surface area contributed by atoms with Crippen LogP contribution in [0.1, 0.15) is 28.5 Å². The van der Waals surface area contributed by atoms with Crippen molar-refractivity contribution in [1.82, 2.24) is 25.7 Å². The molecule has 0 aliphatic rings. The van der Waals surface area contributed by atoms with Crippen molar-refractivity contribution in [3.8, 4) is 5.69 Å². The van der Waals surface area contributed by atoms with Crippen molar-refractivity contribution in [2.75, 3.05) is 26.7 Å². The lowest BCUT2D eigenvalue weighted by molar-refractivity contribution is 0.0963. The SMILES string of the molecule is CCNC(=NCCc1ccn(-c2ccc(F)cc2)n1)NCCc1cccc(C(=O)NC)c1.I. The van der Waals surface area contributed by atoms with Crippen LogP contribution >= 0.6 is 24.0 Å². The van der Waals surface area contributed by atoms with Crippen LogP contribution in [0.5, 0.6) is 0 Å². The molecule has 0 radical (unpaired) electrons. The van der Waals surface area contributed by atoms with E-state index in [9.17, 15) is 9.18 Å². The number of nitrogens with one attached hydrogen (secondary N) is 3. The van der Waals surface area contributed by atoms with E-state index in [4.69, 9.17) is 0 Å². The minimum Gasteiger partial charge on any atom is -0.357 e. The highest BCUT2D eigenvalue weighted by atomic mass is 127. The van der Waals surface area contributed by atoms with Gasteiger partial charge in [-0.25, -0.2) is 9.07 Å². The smallest absolute Gasteiger partial charge is 0.251 e. The topological polar surface area (TPSA) is 83.3 Å². The molecule has 3 aromatic rings.